The highest BCUT2D eigenvalue weighted by atomic mass is 32.1. The Hall–Kier alpha value is -1.83. The summed E-state index contributed by atoms with van der Waals surface area (Å²) in [5.74, 6) is 0.914. The highest BCUT2D eigenvalue weighted by molar-refractivity contribution is 7.26. The minimum atomic E-state index is -0.162. The van der Waals surface area contributed by atoms with E-state index in [1.54, 1.807) is 17.7 Å². The minimum absolute atomic E-state index is 0.162. The number of aromatic nitrogens is 3. The zero-order chi connectivity index (χ0) is 18.5. The molecule has 138 valence electrons. The van der Waals surface area contributed by atoms with Crippen LogP contribution in [-0.4, -0.2) is 47.7 Å². The number of likely N-dealkylation sites (N-methyl/N-ethyl adjacent to an activating group) is 1. The second-order valence-electron chi connectivity index (χ2n) is 7.95. The number of hydrogen-bond acceptors (Lipinski definition) is 6. The van der Waals surface area contributed by atoms with Crippen molar-refractivity contribution in [3.8, 4) is 0 Å². The molecule has 0 radical (unpaired) electrons. The molecule has 2 N–H and O–H groups in total. The number of nitrogens with one attached hydrogen (secondary N) is 2. The predicted octanol–water partition coefficient (Wildman–Crippen LogP) is 1.96. The summed E-state index contributed by atoms with van der Waals surface area (Å²) in [6.45, 7) is 8.92. The number of hydrogen-bond donors (Lipinski definition) is 2. The molecule has 4 heterocycles. The van der Waals surface area contributed by atoms with Gasteiger partial charge >= 0.3 is 0 Å². The summed E-state index contributed by atoms with van der Waals surface area (Å²) in [6, 6.07) is 0. The molecule has 7 heteroatoms. The molecule has 3 aromatic heterocycles. The van der Waals surface area contributed by atoms with Gasteiger partial charge in [-0.2, -0.15) is 0 Å². The van der Waals surface area contributed by atoms with Gasteiger partial charge in [-0.25, -0.2) is 15.0 Å². The number of rotatable bonds is 4. The van der Waals surface area contributed by atoms with Crippen LogP contribution < -0.4 is 10.2 Å². The molecular formula is C19H26N5OS+. The topological polar surface area (TPSA) is 64.4 Å². The van der Waals surface area contributed by atoms with Gasteiger partial charge in [0.25, 0.3) is 0 Å². The van der Waals surface area contributed by atoms with E-state index in [0.717, 1.165) is 46.1 Å². The van der Waals surface area contributed by atoms with Crippen molar-refractivity contribution in [2.75, 3.05) is 32.5 Å². The van der Waals surface area contributed by atoms with Crippen LogP contribution in [0.4, 0.5) is 5.82 Å². The average molecular weight is 373 g/mol. The standard InChI is InChI=1S/C19H25N5OS/c1-11-13-9-25-19(2,3)8-12(13)14-15-16(26-18(14)23-11)17(22-10-21-15)20-6-7-24(4)5/h10H,6-9H2,1-5H3,(H,20,21,22)/p+1. The maximum atomic E-state index is 6.03. The van der Waals surface area contributed by atoms with Crippen LogP contribution in [0.15, 0.2) is 6.33 Å². The lowest BCUT2D eigenvalue weighted by atomic mass is 9.89. The smallest absolute Gasteiger partial charge is 0.147 e. The molecule has 0 saturated heterocycles. The van der Waals surface area contributed by atoms with Crippen LogP contribution in [0, 0.1) is 6.92 Å². The maximum Gasteiger partial charge on any atom is 0.147 e. The summed E-state index contributed by atoms with van der Waals surface area (Å²) in [5.41, 5.74) is 4.48. The van der Waals surface area contributed by atoms with Crippen LogP contribution in [0.2, 0.25) is 0 Å². The highest BCUT2D eigenvalue weighted by Gasteiger charge is 2.30. The van der Waals surface area contributed by atoms with Crippen LogP contribution in [-0.2, 0) is 17.8 Å². The maximum absolute atomic E-state index is 6.03. The van der Waals surface area contributed by atoms with Crippen molar-refractivity contribution in [1.29, 1.82) is 0 Å². The number of fused-ring (bicyclic) bond motifs is 5. The second kappa shape index (κ2) is 6.40. The number of pyridine rings is 1. The van der Waals surface area contributed by atoms with Gasteiger partial charge in [0, 0.05) is 23.1 Å². The van der Waals surface area contributed by atoms with E-state index >= 15 is 0 Å². The summed E-state index contributed by atoms with van der Waals surface area (Å²) in [6.07, 6.45) is 2.54. The van der Waals surface area contributed by atoms with E-state index in [1.165, 1.54) is 21.4 Å². The van der Waals surface area contributed by atoms with Crippen LogP contribution in [0.1, 0.15) is 30.7 Å². The van der Waals surface area contributed by atoms with Gasteiger partial charge in [0.15, 0.2) is 0 Å². The lowest BCUT2D eigenvalue weighted by Gasteiger charge is -2.32. The highest BCUT2D eigenvalue weighted by Crippen LogP contribution is 2.41. The molecule has 0 aliphatic carbocycles. The number of ether oxygens (including phenoxy) is 1. The first-order valence-electron chi connectivity index (χ1n) is 9.08. The van der Waals surface area contributed by atoms with Crippen molar-refractivity contribution in [2.45, 2.75) is 39.4 Å². The number of nitrogens with zero attached hydrogens (tertiary/aromatic N) is 3. The lowest BCUT2D eigenvalue weighted by Crippen LogP contribution is -3.06. The van der Waals surface area contributed by atoms with Crippen molar-refractivity contribution >= 4 is 37.6 Å². The van der Waals surface area contributed by atoms with E-state index in [-0.39, 0.29) is 5.60 Å². The Balaban J connectivity index is 1.87. The number of quaternary nitrogens is 1. The molecule has 0 spiro atoms. The monoisotopic (exact) mass is 372 g/mol. The van der Waals surface area contributed by atoms with Gasteiger partial charge in [-0.05, 0) is 26.3 Å². The zero-order valence-corrected chi connectivity index (χ0v) is 16.9. The summed E-state index contributed by atoms with van der Waals surface area (Å²) in [4.78, 5) is 16.4. The van der Waals surface area contributed by atoms with E-state index in [1.807, 2.05) is 0 Å². The van der Waals surface area contributed by atoms with Gasteiger partial charge in [-0.3, -0.25) is 0 Å². The number of anilines is 1. The fourth-order valence-corrected chi connectivity index (χ4v) is 4.70. The largest absolute Gasteiger partial charge is 0.370 e. The van der Waals surface area contributed by atoms with E-state index in [4.69, 9.17) is 9.72 Å². The first kappa shape index (κ1) is 17.6. The third kappa shape index (κ3) is 3.04. The number of thiophene rings is 1. The van der Waals surface area contributed by atoms with E-state index in [2.05, 4.69) is 50.2 Å². The average Bonchev–Trinajstić information content (AvgIpc) is 2.92. The van der Waals surface area contributed by atoms with Crippen molar-refractivity contribution in [3.63, 3.8) is 0 Å². The van der Waals surface area contributed by atoms with Gasteiger partial charge in [0.05, 0.1) is 49.6 Å². The SMILES string of the molecule is Cc1nc2sc3c(NCC[NH+](C)C)ncnc3c2c2c1COC(C)(C)C2. The van der Waals surface area contributed by atoms with Crippen LogP contribution >= 0.6 is 11.3 Å². The van der Waals surface area contributed by atoms with Crippen LogP contribution in [0.3, 0.4) is 0 Å². The molecule has 3 aromatic rings. The Morgan fingerprint density at radius 2 is 2.08 bits per heavy atom. The molecule has 0 atom stereocenters. The third-order valence-electron chi connectivity index (χ3n) is 4.95. The van der Waals surface area contributed by atoms with E-state index in [0.29, 0.717) is 6.61 Å². The van der Waals surface area contributed by atoms with Gasteiger partial charge in [-0.15, -0.1) is 11.3 Å². The Kier molecular flexibility index (Phi) is 4.33. The molecule has 0 fully saturated rings. The summed E-state index contributed by atoms with van der Waals surface area (Å²) in [5, 5.41) is 4.66. The molecule has 4 rings (SSSR count). The fourth-order valence-electron chi connectivity index (χ4n) is 3.53. The van der Waals surface area contributed by atoms with Gasteiger partial charge in [0.1, 0.15) is 17.0 Å². The number of aryl methyl sites for hydroxylation is 1. The molecule has 0 saturated carbocycles. The first-order chi connectivity index (χ1) is 12.4. The summed E-state index contributed by atoms with van der Waals surface area (Å²) in [7, 11) is 4.30. The Bertz CT molecular complexity index is 979. The van der Waals surface area contributed by atoms with Crippen molar-refractivity contribution in [2.24, 2.45) is 0 Å². The molecule has 0 aromatic carbocycles. The van der Waals surface area contributed by atoms with Crippen LogP contribution in [0.5, 0.6) is 0 Å². The van der Waals surface area contributed by atoms with Crippen molar-refractivity contribution < 1.29 is 9.64 Å². The fraction of sp³-hybridized carbons (Fsp3) is 0.526. The third-order valence-corrected chi connectivity index (χ3v) is 6.03. The normalized spacial score (nSPS) is 16.4. The molecule has 6 nitrogen and oxygen atoms in total. The summed E-state index contributed by atoms with van der Waals surface area (Å²) >= 11 is 1.69. The molecule has 0 amide bonds. The Morgan fingerprint density at radius 1 is 1.27 bits per heavy atom. The quantitative estimate of drug-likeness (QED) is 0.733. The lowest BCUT2D eigenvalue weighted by molar-refractivity contribution is -0.856. The first-order valence-corrected chi connectivity index (χ1v) is 9.90. The molecule has 0 bridgehead atoms. The molecule has 1 aliphatic rings. The van der Waals surface area contributed by atoms with Gasteiger partial charge in [0.2, 0.25) is 0 Å². The van der Waals surface area contributed by atoms with Gasteiger partial charge < -0.3 is 15.0 Å². The van der Waals surface area contributed by atoms with E-state index < -0.39 is 0 Å². The molecular weight excluding hydrogens is 346 g/mol. The Morgan fingerprint density at radius 3 is 2.85 bits per heavy atom. The second-order valence-corrected chi connectivity index (χ2v) is 8.94. The molecule has 1 aliphatic heterocycles. The van der Waals surface area contributed by atoms with Crippen molar-refractivity contribution in [3.05, 3.63) is 23.1 Å². The van der Waals surface area contributed by atoms with E-state index in [9.17, 15) is 0 Å². The molecule has 0 unspecified atom stereocenters. The van der Waals surface area contributed by atoms with Crippen LogP contribution in [0.25, 0.3) is 20.4 Å². The minimum Gasteiger partial charge on any atom is -0.370 e. The van der Waals surface area contributed by atoms with Gasteiger partial charge in [-0.1, -0.05) is 0 Å². The molecule has 26 heavy (non-hydrogen) atoms. The Labute approximate surface area is 157 Å². The zero-order valence-electron chi connectivity index (χ0n) is 16.1. The van der Waals surface area contributed by atoms with Crippen molar-refractivity contribution in [1.82, 2.24) is 15.0 Å². The predicted molar refractivity (Wildman–Crippen MR) is 106 cm³/mol. The summed E-state index contributed by atoms with van der Waals surface area (Å²) < 4.78 is 7.12.